The highest BCUT2D eigenvalue weighted by Crippen LogP contribution is 2.22. The number of aliphatic carboxylic acids is 2. The zero-order chi connectivity index (χ0) is 14.4. The first-order valence-electron chi connectivity index (χ1n) is 5.73. The summed E-state index contributed by atoms with van der Waals surface area (Å²) in [5.41, 5.74) is 0.450. The number of hydrogen-bond acceptors (Lipinski definition) is 4. The maximum absolute atomic E-state index is 12.8. The highest BCUT2D eigenvalue weighted by atomic mass is 19.1. The molecule has 1 aromatic heterocycles. The smallest absolute Gasteiger partial charge is 0.317 e. The predicted molar refractivity (Wildman–Crippen MR) is 64.1 cm³/mol. The summed E-state index contributed by atoms with van der Waals surface area (Å²) in [6.07, 6.45) is 1.50. The van der Waals surface area contributed by atoms with E-state index in [1.807, 2.05) is 0 Å². The van der Waals surface area contributed by atoms with Crippen molar-refractivity contribution in [2.45, 2.75) is 19.4 Å². The lowest BCUT2D eigenvalue weighted by atomic mass is 10.1. The Labute approximate surface area is 109 Å². The highest BCUT2D eigenvalue weighted by molar-refractivity contribution is 5.72. The number of hydrogen-bond donors (Lipinski definition) is 2. The molecule has 0 fully saturated rings. The Bertz CT molecular complexity index is 434. The number of carboxylic acids is 2. The lowest BCUT2D eigenvalue weighted by molar-refractivity contribution is -0.143. The summed E-state index contributed by atoms with van der Waals surface area (Å²) in [4.78, 5) is 26.7. The average Bonchev–Trinajstić information content (AvgIpc) is 2.30. The highest BCUT2D eigenvalue weighted by Gasteiger charge is 2.24. The number of carboxylic acid groups (broad SMARTS) is 2. The van der Waals surface area contributed by atoms with Gasteiger partial charge in [0.1, 0.15) is 5.82 Å². The van der Waals surface area contributed by atoms with Crippen LogP contribution in [0, 0.1) is 5.82 Å². The molecule has 19 heavy (non-hydrogen) atoms. The molecule has 1 atom stereocenters. The van der Waals surface area contributed by atoms with Crippen molar-refractivity contribution in [3.05, 3.63) is 29.8 Å². The Kier molecular flexibility index (Phi) is 5.37. The van der Waals surface area contributed by atoms with Crippen molar-refractivity contribution in [3.8, 4) is 0 Å². The van der Waals surface area contributed by atoms with E-state index >= 15 is 0 Å². The zero-order valence-corrected chi connectivity index (χ0v) is 10.4. The van der Waals surface area contributed by atoms with Crippen LogP contribution in [0.25, 0.3) is 0 Å². The molecule has 2 N–H and O–H groups in total. The largest absolute Gasteiger partial charge is 0.480 e. The maximum atomic E-state index is 12.8. The number of carbonyl (C=O) groups is 2. The molecule has 0 spiro atoms. The van der Waals surface area contributed by atoms with Crippen LogP contribution < -0.4 is 0 Å². The summed E-state index contributed by atoms with van der Waals surface area (Å²) in [6.45, 7) is 0.958. The monoisotopic (exact) mass is 270 g/mol. The molecule has 6 nitrogen and oxygen atoms in total. The van der Waals surface area contributed by atoms with Gasteiger partial charge >= 0.3 is 11.9 Å². The molecule has 0 saturated carbocycles. The number of pyridine rings is 1. The van der Waals surface area contributed by atoms with Crippen LogP contribution in [0.5, 0.6) is 0 Å². The summed E-state index contributed by atoms with van der Waals surface area (Å²) >= 11 is 0. The fourth-order valence-corrected chi connectivity index (χ4v) is 1.86. The van der Waals surface area contributed by atoms with Gasteiger partial charge in [-0.05, 0) is 18.6 Å². The molecule has 0 amide bonds. The van der Waals surface area contributed by atoms with E-state index in [1.165, 1.54) is 17.0 Å². The normalized spacial score (nSPS) is 12.4. The molecule has 0 aliphatic heterocycles. The molecule has 0 aliphatic carbocycles. The number of halogens is 1. The molecule has 0 saturated heterocycles. The van der Waals surface area contributed by atoms with Crippen molar-refractivity contribution in [2.75, 3.05) is 13.1 Å². The van der Waals surface area contributed by atoms with Crippen LogP contribution in [0.1, 0.15) is 25.1 Å². The summed E-state index contributed by atoms with van der Waals surface area (Å²) < 4.78 is 12.8. The van der Waals surface area contributed by atoms with E-state index in [1.54, 1.807) is 6.92 Å². The van der Waals surface area contributed by atoms with Gasteiger partial charge in [-0.2, -0.15) is 0 Å². The second kappa shape index (κ2) is 6.79. The van der Waals surface area contributed by atoms with Crippen molar-refractivity contribution in [1.29, 1.82) is 0 Å². The predicted octanol–water partition coefficient (Wildman–Crippen LogP) is 1.14. The van der Waals surface area contributed by atoms with Crippen molar-refractivity contribution in [2.24, 2.45) is 0 Å². The van der Waals surface area contributed by atoms with Gasteiger partial charge < -0.3 is 10.2 Å². The minimum atomic E-state index is -1.12. The molecule has 104 valence electrons. The lowest BCUT2D eigenvalue weighted by Gasteiger charge is -2.27. The van der Waals surface area contributed by atoms with Gasteiger partial charge in [-0.15, -0.1) is 0 Å². The van der Waals surface area contributed by atoms with Gasteiger partial charge in [0.25, 0.3) is 0 Å². The van der Waals surface area contributed by atoms with E-state index in [4.69, 9.17) is 10.2 Å². The SMILES string of the molecule is CCC(c1ccc(F)cn1)N(CC(=O)O)CC(=O)O. The Balaban J connectivity index is 2.97. The summed E-state index contributed by atoms with van der Waals surface area (Å²) in [6, 6.07) is 2.16. The van der Waals surface area contributed by atoms with Crippen molar-refractivity contribution >= 4 is 11.9 Å². The van der Waals surface area contributed by atoms with E-state index in [9.17, 15) is 14.0 Å². The van der Waals surface area contributed by atoms with E-state index in [0.717, 1.165) is 6.20 Å². The summed E-state index contributed by atoms with van der Waals surface area (Å²) in [5, 5.41) is 17.6. The Hall–Kier alpha value is -2.02. The van der Waals surface area contributed by atoms with Crippen LogP contribution in [0.2, 0.25) is 0 Å². The van der Waals surface area contributed by atoms with E-state index in [-0.39, 0.29) is 0 Å². The van der Waals surface area contributed by atoms with Crippen molar-refractivity contribution in [3.63, 3.8) is 0 Å². The first-order chi connectivity index (χ1) is 8.93. The first-order valence-corrected chi connectivity index (χ1v) is 5.73. The number of aromatic nitrogens is 1. The number of rotatable bonds is 7. The van der Waals surface area contributed by atoms with Crippen LogP contribution in [-0.2, 0) is 9.59 Å². The average molecular weight is 270 g/mol. The van der Waals surface area contributed by atoms with Gasteiger partial charge in [0.05, 0.1) is 31.0 Å². The van der Waals surface area contributed by atoms with Gasteiger partial charge in [-0.1, -0.05) is 6.92 Å². The molecule has 1 aromatic rings. The molecule has 0 bridgehead atoms. The van der Waals surface area contributed by atoms with E-state index < -0.39 is 36.9 Å². The Morgan fingerprint density at radius 2 is 1.89 bits per heavy atom. The quantitative estimate of drug-likeness (QED) is 0.772. The van der Waals surface area contributed by atoms with E-state index in [2.05, 4.69) is 4.98 Å². The Morgan fingerprint density at radius 1 is 1.32 bits per heavy atom. The minimum absolute atomic E-state index is 0.413. The number of nitrogens with zero attached hydrogens (tertiary/aromatic N) is 2. The van der Waals surface area contributed by atoms with Gasteiger partial charge in [0.2, 0.25) is 0 Å². The third-order valence-corrected chi connectivity index (χ3v) is 2.60. The van der Waals surface area contributed by atoms with Crippen LogP contribution >= 0.6 is 0 Å². The van der Waals surface area contributed by atoms with Crippen LogP contribution in [0.3, 0.4) is 0 Å². The first kappa shape index (κ1) is 15.0. The standard InChI is InChI=1S/C12H15FN2O4/c1-2-10(9-4-3-8(13)5-14-9)15(6-11(16)17)7-12(18)19/h3-5,10H,2,6-7H2,1H3,(H,16,17)(H,18,19). The van der Waals surface area contributed by atoms with Crippen LogP contribution in [0.4, 0.5) is 4.39 Å². The molecule has 7 heteroatoms. The summed E-state index contributed by atoms with van der Waals surface area (Å²) in [5.74, 6) is -2.75. The second-order valence-electron chi connectivity index (χ2n) is 4.02. The lowest BCUT2D eigenvalue weighted by Crippen LogP contribution is -2.37. The second-order valence-corrected chi connectivity index (χ2v) is 4.02. The Morgan fingerprint density at radius 3 is 2.26 bits per heavy atom. The molecule has 1 unspecified atom stereocenters. The fourth-order valence-electron chi connectivity index (χ4n) is 1.86. The molecule has 0 radical (unpaired) electrons. The minimum Gasteiger partial charge on any atom is -0.480 e. The van der Waals surface area contributed by atoms with Crippen molar-refractivity contribution < 1.29 is 24.2 Å². The molecule has 1 heterocycles. The van der Waals surface area contributed by atoms with Gasteiger partial charge in [0, 0.05) is 0 Å². The molecule has 0 aromatic carbocycles. The van der Waals surface area contributed by atoms with E-state index in [0.29, 0.717) is 12.1 Å². The molecule has 0 aliphatic rings. The van der Waals surface area contributed by atoms with Gasteiger partial charge in [0.15, 0.2) is 0 Å². The van der Waals surface area contributed by atoms with Crippen LogP contribution in [-0.4, -0.2) is 45.1 Å². The molecular formula is C12H15FN2O4. The van der Waals surface area contributed by atoms with Gasteiger partial charge in [-0.3, -0.25) is 19.5 Å². The topological polar surface area (TPSA) is 90.7 Å². The summed E-state index contributed by atoms with van der Waals surface area (Å²) in [7, 11) is 0. The van der Waals surface area contributed by atoms with Crippen molar-refractivity contribution in [1.82, 2.24) is 9.88 Å². The fraction of sp³-hybridized carbons (Fsp3) is 0.417. The maximum Gasteiger partial charge on any atom is 0.317 e. The zero-order valence-electron chi connectivity index (χ0n) is 10.4. The third-order valence-electron chi connectivity index (χ3n) is 2.60. The molecular weight excluding hydrogens is 255 g/mol. The van der Waals surface area contributed by atoms with Crippen LogP contribution in [0.15, 0.2) is 18.3 Å². The molecule has 1 rings (SSSR count). The van der Waals surface area contributed by atoms with Gasteiger partial charge in [-0.25, -0.2) is 4.39 Å². The third kappa shape index (κ3) is 4.63.